The summed E-state index contributed by atoms with van der Waals surface area (Å²) in [6.45, 7) is 0.512. The van der Waals surface area contributed by atoms with Crippen LogP contribution in [-0.4, -0.2) is 45.4 Å². The second-order valence-electron chi connectivity index (χ2n) is 4.54. The minimum Gasteiger partial charge on any atom is -0.478 e. The number of pyridine rings is 2. The first kappa shape index (κ1) is 14.6. The van der Waals surface area contributed by atoms with Crippen molar-refractivity contribution in [3.8, 4) is 0 Å². The van der Waals surface area contributed by atoms with E-state index in [1.807, 2.05) is 18.2 Å². The fraction of sp³-hybridized carbons (Fsp3) is 0.200. The number of nitrogens with zero attached hydrogens (tertiary/aromatic N) is 3. The average molecular weight is 285 g/mol. The van der Waals surface area contributed by atoms with Crippen LogP contribution in [0.15, 0.2) is 42.7 Å². The van der Waals surface area contributed by atoms with Crippen LogP contribution in [0, 0.1) is 0 Å². The maximum absolute atomic E-state index is 12.1. The Balaban J connectivity index is 1.97. The first-order valence-electron chi connectivity index (χ1n) is 6.42. The van der Waals surface area contributed by atoms with Gasteiger partial charge in [-0.2, -0.15) is 0 Å². The number of carboxylic acid groups (broad SMARTS) is 1. The molecule has 1 N–H and O–H groups in total. The summed E-state index contributed by atoms with van der Waals surface area (Å²) >= 11 is 0. The molecular weight excluding hydrogens is 270 g/mol. The number of hydrogen-bond acceptors (Lipinski definition) is 4. The normalized spacial score (nSPS) is 10.1. The fourth-order valence-corrected chi connectivity index (χ4v) is 1.77. The Labute approximate surface area is 122 Å². The lowest BCUT2D eigenvalue weighted by atomic mass is 10.2. The number of aromatic nitrogens is 2. The van der Waals surface area contributed by atoms with E-state index in [4.69, 9.17) is 5.11 Å². The highest BCUT2D eigenvalue weighted by molar-refractivity contribution is 5.93. The number of aromatic carboxylic acids is 1. The Kier molecular flexibility index (Phi) is 4.61. The molecule has 6 heteroatoms. The zero-order chi connectivity index (χ0) is 15.2. The number of carbonyl (C=O) groups is 2. The van der Waals surface area contributed by atoms with Crippen molar-refractivity contribution in [2.24, 2.45) is 0 Å². The molecule has 0 radical (unpaired) electrons. The average Bonchev–Trinajstić information content (AvgIpc) is 2.53. The molecule has 0 saturated heterocycles. The van der Waals surface area contributed by atoms with Crippen molar-refractivity contribution in [2.45, 2.75) is 6.42 Å². The van der Waals surface area contributed by atoms with Gasteiger partial charge in [-0.3, -0.25) is 14.8 Å². The highest BCUT2D eigenvalue weighted by Gasteiger charge is 2.14. The molecule has 2 rings (SSSR count). The smallest absolute Gasteiger partial charge is 0.337 e. The minimum atomic E-state index is -1.06. The summed E-state index contributed by atoms with van der Waals surface area (Å²) in [6, 6.07) is 8.43. The van der Waals surface area contributed by atoms with Crippen LogP contribution in [0.3, 0.4) is 0 Å². The maximum Gasteiger partial charge on any atom is 0.337 e. The summed E-state index contributed by atoms with van der Waals surface area (Å²) in [5.74, 6) is -1.31. The third-order valence-corrected chi connectivity index (χ3v) is 3.01. The van der Waals surface area contributed by atoms with E-state index in [0.29, 0.717) is 13.0 Å². The second kappa shape index (κ2) is 6.60. The van der Waals surface area contributed by atoms with Gasteiger partial charge in [0.25, 0.3) is 5.91 Å². The molecule has 0 aromatic carbocycles. The van der Waals surface area contributed by atoms with Crippen molar-refractivity contribution >= 4 is 11.9 Å². The van der Waals surface area contributed by atoms with Crippen LogP contribution in [0.5, 0.6) is 0 Å². The van der Waals surface area contributed by atoms with Gasteiger partial charge in [0.2, 0.25) is 0 Å². The molecule has 0 aliphatic rings. The molecule has 0 saturated carbocycles. The number of amides is 1. The maximum atomic E-state index is 12.1. The van der Waals surface area contributed by atoms with E-state index in [9.17, 15) is 9.59 Å². The van der Waals surface area contributed by atoms with Gasteiger partial charge in [0.1, 0.15) is 5.69 Å². The highest BCUT2D eigenvalue weighted by Crippen LogP contribution is 2.04. The van der Waals surface area contributed by atoms with Gasteiger partial charge in [-0.15, -0.1) is 0 Å². The Morgan fingerprint density at radius 3 is 2.57 bits per heavy atom. The van der Waals surface area contributed by atoms with Gasteiger partial charge < -0.3 is 10.0 Å². The summed E-state index contributed by atoms with van der Waals surface area (Å²) < 4.78 is 0. The van der Waals surface area contributed by atoms with E-state index in [2.05, 4.69) is 9.97 Å². The van der Waals surface area contributed by atoms with Crippen molar-refractivity contribution < 1.29 is 14.7 Å². The first-order valence-corrected chi connectivity index (χ1v) is 6.42. The molecule has 0 atom stereocenters. The zero-order valence-electron chi connectivity index (χ0n) is 11.6. The number of hydrogen-bond donors (Lipinski definition) is 1. The van der Waals surface area contributed by atoms with Crippen LogP contribution in [0.1, 0.15) is 26.5 Å². The summed E-state index contributed by atoms with van der Waals surface area (Å²) in [6.07, 6.45) is 3.54. The quantitative estimate of drug-likeness (QED) is 0.899. The number of carboxylic acids is 1. The van der Waals surface area contributed by atoms with Crippen molar-refractivity contribution in [3.05, 3.63) is 59.7 Å². The number of likely N-dealkylation sites (N-methyl/N-ethyl adjacent to an activating group) is 1. The van der Waals surface area contributed by atoms with Crippen molar-refractivity contribution in [1.29, 1.82) is 0 Å². The van der Waals surface area contributed by atoms with Gasteiger partial charge in [0.15, 0.2) is 0 Å². The molecule has 0 aliphatic heterocycles. The molecular formula is C15H15N3O3. The van der Waals surface area contributed by atoms with Crippen LogP contribution >= 0.6 is 0 Å². The topological polar surface area (TPSA) is 83.4 Å². The van der Waals surface area contributed by atoms with Crippen LogP contribution in [0.25, 0.3) is 0 Å². The van der Waals surface area contributed by atoms with E-state index in [1.54, 1.807) is 13.2 Å². The molecule has 6 nitrogen and oxygen atoms in total. The lowest BCUT2D eigenvalue weighted by Crippen LogP contribution is -2.29. The van der Waals surface area contributed by atoms with E-state index in [1.165, 1.54) is 23.2 Å². The highest BCUT2D eigenvalue weighted by atomic mass is 16.4. The van der Waals surface area contributed by atoms with Crippen molar-refractivity contribution in [3.63, 3.8) is 0 Å². The van der Waals surface area contributed by atoms with Gasteiger partial charge in [-0.25, -0.2) is 4.79 Å². The van der Waals surface area contributed by atoms with Crippen LogP contribution in [0.4, 0.5) is 0 Å². The predicted molar refractivity (Wildman–Crippen MR) is 76.1 cm³/mol. The van der Waals surface area contributed by atoms with Gasteiger partial charge in [-0.05, 0) is 24.3 Å². The van der Waals surface area contributed by atoms with Gasteiger partial charge in [0, 0.05) is 38.1 Å². The number of rotatable bonds is 5. The summed E-state index contributed by atoms with van der Waals surface area (Å²) in [5.41, 5.74) is 1.19. The van der Waals surface area contributed by atoms with Gasteiger partial charge in [-0.1, -0.05) is 6.07 Å². The van der Waals surface area contributed by atoms with Crippen molar-refractivity contribution in [1.82, 2.24) is 14.9 Å². The molecule has 0 unspecified atom stereocenters. The molecule has 0 fully saturated rings. The molecule has 1 amide bonds. The first-order chi connectivity index (χ1) is 10.1. The number of carbonyl (C=O) groups excluding carboxylic acids is 1. The molecule has 0 aliphatic carbocycles. The largest absolute Gasteiger partial charge is 0.478 e. The lowest BCUT2D eigenvalue weighted by Gasteiger charge is -2.16. The van der Waals surface area contributed by atoms with E-state index in [-0.39, 0.29) is 17.2 Å². The van der Waals surface area contributed by atoms with Crippen LogP contribution in [-0.2, 0) is 6.42 Å². The zero-order valence-corrected chi connectivity index (χ0v) is 11.6. The van der Waals surface area contributed by atoms with E-state index < -0.39 is 5.97 Å². The standard InChI is InChI=1S/C15H15N3O3/c1-18(9-7-12-4-2-3-8-16-12)14(19)13-6-5-11(10-17-13)15(20)21/h2-6,8,10H,7,9H2,1H3,(H,20,21). The van der Waals surface area contributed by atoms with Gasteiger partial charge in [0.05, 0.1) is 5.56 Å². The van der Waals surface area contributed by atoms with Gasteiger partial charge >= 0.3 is 5.97 Å². The SMILES string of the molecule is CN(CCc1ccccn1)C(=O)c1ccc(C(=O)O)cn1. The third kappa shape index (κ3) is 3.85. The Hall–Kier alpha value is -2.76. The molecule has 2 aromatic heterocycles. The Bertz CT molecular complexity index is 626. The molecule has 0 bridgehead atoms. The van der Waals surface area contributed by atoms with Crippen molar-refractivity contribution in [2.75, 3.05) is 13.6 Å². The molecule has 2 heterocycles. The molecule has 21 heavy (non-hydrogen) atoms. The molecule has 0 spiro atoms. The monoisotopic (exact) mass is 285 g/mol. The van der Waals surface area contributed by atoms with Crippen LogP contribution in [0.2, 0.25) is 0 Å². The second-order valence-corrected chi connectivity index (χ2v) is 4.54. The lowest BCUT2D eigenvalue weighted by molar-refractivity contribution is 0.0694. The minimum absolute atomic E-state index is 0.0580. The summed E-state index contributed by atoms with van der Waals surface area (Å²) in [7, 11) is 1.68. The third-order valence-electron chi connectivity index (χ3n) is 3.01. The van der Waals surface area contributed by atoms with E-state index >= 15 is 0 Å². The van der Waals surface area contributed by atoms with Crippen LogP contribution < -0.4 is 0 Å². The molecule has 2 aromatic rings. The fourth-order valence-electron chi connectivity index (χ4n) is 1.77. The van der Waals surface area contributed by atoms with E-state index in [0.717, 1.165) is 5.69 Å². The summed E-state index contributed by atoms with van der Waals surface area (Å²) in [4.78, 5) is 32.5. The predicted octanol–water partition coefficient (Wildman–Crippen LogP) is 1.49. The molecule has 108 valence electrons. The Morgan fingerprint density at radius 1 is 1.19 bits per heavy atom. The Morgan fingerprint density at radius 2 is 2.00 bits per heavy atom. The summed E-state index contributed by atoms with van der Waals surface area (Å²) in [5, 5.41) is 8.79.